The average Bonchev–Trinajstić information content (AvgIpc) is 2.46. The van der Waals surface area contributed by atoms with Crippen LogP contribution < -0.4 is 0 Å². The summed E-state index contributed by atoms with van der Waals surface area (Å²) in [5.41, 5.74) is 1.38. The van der Waals surface area contributed by atoms with Crippen LogP contribution in [-0.4, -0.2) is 11.0 Å². The van der Waals surface area contributed by atoms with Crippen molar-refractivity contribution in [3.63, 3.8) is 0 Å². The number of esters is 1. The van der Waals surface area contributed by atoms with Crippen LogP contribution in [0.3, 0.4) is 0 Å². The topological polar surface area (TPSA) is 39.2 Å². The van der Waals surface area contributed by atoms with Crippen LogP contribution in [0.15, 0.2) is 48.8 Å². The number of pyridine rings is 1. The number of nitrogens with zero attached hydrogens (tertiary/aromatic N) is 1. The molecule has 2 rings (SSSR count). The molecule has 0 aliphatic carbocycles. The first-order chi connectivity index (χ1) is 9.58. The van der Waals surface area contributed by atoms with Gasteiger partial charge in [-0.25, -0.2) is 4.79 Å². The molecule has 4 heteroatoms. The molecule has 0 aliphatic rings. The van der Waals surface area contributed by atoms with Crippen molar-refractivity contribution in [1.29, 1.82) is 0 Å². The highest BCUT2D eigenvalue weighted by atomic mass is 35.5. The summed E-state index contributed by atoms with van der Waals surface area (Å²) in [4.78, 5) is 16.0. The molecule has 104 valence electrons. The lowest BCUT2D eigenvalue weighted by atomic mass is 9.99. The number of rotatable bonds is 4. The molecule has 1 aromatic carbocycles. The SMILES string of the molecule is CC(C)[C@H](OC(=O)c1cccnc1)c1ccc(Cl)cc1. The third-order valence-electron chi connectivity index (χ3n) is 2.94. The predicted octanol–water partition coefficient (Wildman–Crippen LogP) is 4.29. The third-order valence-corrected chi connectivity index (χ3v) is 3.19. The van der Waals surface area contributed by atoms with Gasteiger partial charge in [0.2, 0.25) is 0 Å². The van der Waals surface area contributed by atoms with E-state index in [0.717, 1.165) is 5.56 Å². The molecular weight excluding hydrogens is 274 g/mol. The van der Waals surface area contributed by atoms with E-state index in [9.17, 15) is 4.79 Å². The fraction of sp³-hybridized carbons (Fsp3) is 0.250. The third kappa shape index (κ3) is 3.58. The minimum Gasteiger partial charge on any atom is -0.454 e. The second-order valence-electron chi connectivity index (χ2n) is 4.86. The molecule has 20 heavy (non-hydrogen) atoms. The summed E-state index contributed by atoms with van der Waals surface area (Å²) in [6.07, 6.45) is 2.82. The highest BCUT2D eigenvalue weighted by Gasteiger charge is 2.21. The molecule has 0 aliphatic heterocycles. The molecule has 0 fully saturated rings. The first-order valence-corrected chi connectivity index (χ1v) is 6.82. The summed E-state index contributed by atoms with van der Waals surface area (Å²) < 4.78 is 5.60. The van der Waals surface area contributed by atoms with Gasteiger partial charge in [0.1, 0.15) is 6.10 Å². The Morgan fingerprint density at radius 1 is 1.20 bits per heavy atom. The van der Waals surface area contributed by atoms with Gasteiger partial charge in [-0.15, -0.1) is 0 Å². The van der Waals surface area contributed by atoms with Gasteiger partial charge in [0.25, 0.3) is 0 Å². The quantitative estimate of drug-likeness (QED) is 0.788. The van der Waals surface area contributed by atoms with Gasteiger partial charge < -0.3 is 4.74 Å². The molecule has 1 aromatic heterocycles. The van der Waals surface area contributed by atoms with Crippen LogP contribution in [0.4, 0.5) is 0 Å². The highest BCUT2D eigenvalue weighted by Crippen LogP contribution is 2.27. The first-order valence-electron chi connectivity index (χ1n) is 6.44. The number of aromatic nitrogens is 1. The van der Waals surface area contributed by atoms with Gasteiger partial charge in [-0.1, -0.05) is 37.6 Å². The second-order valence-corrected chi connectivity index (χ2v) is 5.30. The van der Waals surface area contributed by atoms with Crippen LogP contribution in [0.25, 0.3) is 0 Å². The van der Waals surface area contributed by atoms with Gasteiger partial charge in [0.05, 0.1) is 5.56 Å². The van der Waals surface area contributed by atoms with E-state index in [1.807, 2.05) is 26.0 Å². The lowest BCUT2D eigenvalue weighted by Gasteiger charge is -2.22. The molecule has 0 unspecified atom stereocenters. The Kier molecular flexibility index (Phi) is 4.74. The molecular formula is C16H16ClNO2. The monoisotopic (exact) mass is 289 g/mol. The normalized spacial score (nSPS) is 12.2. The number of hydrogen-bond donors (Lipinski definition) is 0. The van der Waals surface area contributed by atoms with E-state index >= 15 is 0 Å². The highest BCUT2D eigenvalue weighted by molar-refractivity contribution is 6.30. The Balaban J connectivity index is 2.18. The molecule has 0 bridgehead atoms. The van der Waals surface area contributed by atoms with Gasteiger partial charge in [-0.05, 0) is 35.7 Å². The van der Waals surface area contributed by atoms with E-state index in [4.69, 9.17) is 16.3 Å². The van der Waals surface area contributed by atoms with E-state index in [-0.39, 0.29) is 18.0 Å². The number of carbonyl (C=O) groups excluding carboxylic acids is 1. The molecule has 1 heterocycles. The minimum absolute atomic E-state index is 0.164. The van der Waals surface area contributed by atoms with Crippen molar-refractivity contribution in [1.82, 2.24) is 4.98 Å². The van der Waals surface area contributed by atoms with Crippen LogP contribution in [-0.2, 0) is 4.74 Å². The Labute approximate surface area is 123 Å². The Bertz CT molecular complexity index is 567. The minimum atomic E-state index is -0.369. The van der Waals surface area contributed by atoms with Gasteiger partial charge in [-0.3, -0.25) is 4.98 Å². The summed E-state index contributed by atoms with van der Waals surface area (Å²) in [7, 11) is 0. The van der Waals surface area contributed by atoms with Crippen molar-refractivity contribution in [3.05, 3.63) is 64.9 Å². The zero-order valence-electron chi connectivity index (χ0n) is 11.4. The maximum absolute atomic E-state index is 12.1. The lowest BCUT2D eigenvalue weighted by Crippen LogP contribution is -2.16. The van der Waals surface area contributed by atoms with Crippen molar-refractivity contribution < 1.29 is 9.53 Å². The number of carbonyl (C=O) groups is 1. The number of hydrogen-bond acceptors (Lipinski definition) is 3. The van der Waals surface area contributed by atoms with Crippen molar-refractivity contribution in [2.24, 2.45) is 5.92 Å². The fourth-order valence-corrected chi connectivity index (χ4v) is 2.03. The van der Waals surface area contributed by atoms with Crippen molar-refractivity contribution in [2.45, 2.75) is 20.0 Å². The molecule has 0 radical (unpaired) electrons. The fourth-order valence-electron chi connectivity index (χ4n) is 1.91. The van der Waals surface area contributed by atoms with Gasteiger partial charge in [-0.2, -0.15) is 0 Å². The Morgan fingerprint density at radius 2 is 1.90 bits per heavy atom. The van der Waals surface area contributed by atoms with E-state index in [1.54, 1.807) is 30.5 Å². The van der Waals surface area contributed by atoms with Crippen LogP contribution in [0.2, 0.25) is 5.02 Å². The predicted molar refractivity (Wildman–Crippen MR) is 78.7 cm³/mol. The molecule has 2 aromatic rings. The summed E-state index contributed by atoms with van der Waals surface area (Å²) in [5, 5.41) is 0.662. The van der Waals surface area contributed by atoms with Crippen molar-refractivity contribution >= 4 is 17.6 Å². The van der Waals surface area contributed by atoms with Crippen LogP contribution in [0.5, 0.6) is 0 Å². The van der Waals surface area contributed by atoms with Crippen LogP contribution >= 0.6 is 11.6 Å². The molecule has 0 saturated heterocycles. The number of ether oxygens (including phenoxy) is 1. The van der Waals surface area contributed by atoms with Crippen LogP contribution in [0.1, 0.15) is 35.9 Å². The summed E-state index contributed by atoms with van der Waals surface area (Å²) in [6.45, 7) is 4.02. The average molecular weight is 290 g/mol. The van der Waals surface area contributed by atoms with Gasteiger partial charge in [0.15, 0.2) is 0 Å². The van der Waals surface area contributed by atoms with E-state index in [2.05, 4.69) is 4.98 Å². The van der Waals surface area contributed by atoms with E-state index in [1.165, 1.54) is 6.20 Å². The number of halogens is 1. The van der Waals surface area contributed by atoms with Gasteiger partial charge in [0, 0.05) is 17.4 Å². The molecule has 0 spiro atoms. The molecule has 1 atom stereocenters. The van der Waals surface area contributed by atoms with E-state index < -0.39 is 0 Å². The molecule has 0 saturated carbocycles. The Hall–Kier alpha value is -1.87. The largest absolute Gasteiger partial charge is 0.454 e. The van der Waals surface area contributed by atoms with Crippen molar-refractivity contribution in [2.75, 3.05) is 0 Å². The summed E-state index contributed by atoms with van der Waals surface area (Å²) >= 11 is 5.88. The smallest absolute Gasteiger partial charge is 0.340 e. The zero-order valence-corrected chi connectivity index (χ0v) is 12.2. The molecule has 3 nitrogen and oxygen atoms in total. The maximum atomic E-state index is 12.1. The summed E-state index contributed by atoms with van der Waals surface area (Å²) in [6, 6.07) is 10.7. The standard InChI is InChI=1S/C16H16ClNO2/c1-11(2)15(12-5-7-14(17)8-6-12)20-16(19)13-4-3-9-18-10-13/h3-11,15H,1-2H3/t15-/m0/s1. The molecule has 0 N–H and O–H groups in total. The molecule has 0 amide bonds. The second kappa shape index (κ2) is 6.53. The first kappa shape index (κ1) is 14.5. The van der Waals surface area contributed by atoms with Crippen LogP contribution in [0, 0.1) is 5.92 Å². The summed E-state index contributed by atoms with van der Waals surface area (Å²) in [5.74, 6) is -0.205. The number of benzene rings is 1. The van der Waals surface area contributed by atoms with Gasteiger partial charge >= 0.3 is 5.97 Å². The zero-order chi connectivity index (χ0) is 14.5. The van der Waals surface area contributed by atoms with E-state index in [0.29, 0.717) is 10.6 Å². The Morgan fingerprint density at radius 3 is 2.45 bits per heavy atom. The lowest BCUT2D eigenvalue weighted by molar-refractivity contribution is 0.0176. The van der Waals surface area contributed by atoms with Crippen molar-refractivity contribution in [3.8, 4) is 0 Å². The maximum Gasteiger partial charge on any atom is 0.340 e.